The number of benzene rings is 1. The van der Waals surface area contributed by atoms with Crippen molar-refractivity contribution in [1.29, 1.82) is 0 Å². The molecule has 0 spiro atoms. The van der Waals surface area contributed by atoms with Crippen molar-refractivity contribution in [3.63, 3.8) is 0 Å². The van der Waals surface area contributed by atoms with E-state index < -0.39 is 0 Å². The number of carbonyl (C=O) groups excluding carboxylic acids is 2. The van der Waals surface area contributed by atoms with Gasteiger partial charge in [0.1, 0.15) is 0 Å². The molecule has 0 aromatic heterocycles. The zero-order chi connectivity index (χ0) is 20.9. The maximum Gasteiger partial charge on any atom is 0.236 e. The Hall–Kier alpha value is -2.18. The number of nitrogens with one attached hydrogen (secondary N) is 1. The fourth-order valence-electron chi connectivity index (χ4n) is 3.88. The average molecular weight is 399 g/mol. The second-order valence-electron chi connectivity index (χ2n) is 9.04. The molecule has 6 nitrogen and oxygen atoms in total. The van der Waals surface area contributed by atoms with Gasteiger partial charge in [-0.3, -0.25) is 19.4 Å². The molecule has 0 saturated carbocycles. The SMILES string of the molecule is CC(C)(C)NC(=O)CN1CCN(C(=O)CN2CC=C(c3ccccc3)CC2)CC1. The minimum atomic E-state index is -0.210. The van der Waals surface area contributed by atoms with Crippen LogP contribution in [0.25, 0.3) is 5.57 Å². The van der Waals surface area contributed by atoms with E-state index in [1.54, 1.807) is 0 Å². The van der Waals surface area contributed by atoms with Crippen LogP contribution < -0.4 is 5.32 Å². The van der Waals surface area contributed by atoms with Gasteiger partial charge in [0.05, 0.1) is 13.1 Å². The number of hydrogen-bond donors (Lipinski definition) is 1. The number of carbonyl (C=O) groups is 2. The number of piperazine rings is 1. The minimum absolute atomic E-state index is 0.0478. The van der Waals surface area contributed by atoms with Crippen LogP contribution in [0.1, 0.15) is 32.8 Å². The summed E-state index contributed by atoms with van der Waals surface area (Å²) in [7, 11) is 0. The van der Waals surface area contributed by atoms with Gasteiger partial charge in [-0.1, -0.05) is 36.4 Å². The predicted octanol–water partition coefficient (Wildman–Crippen LogP) is 1.83. The van der Waals surface area contributed by atoms with Gasteiger partial charge in [0.2, 0.25) is 11.8 Å². The lowest BCUT2D eigenvalue weighted by Crippen LogP contribution is -2.54. The van der Waals surface area contributed by atoms with E-state index in [4.69, 9.17) is 0 Å². The third-order valence-corrected chi connectivity index (χ3v) is 5.40. The summed E-state index contributed by atoms with van der Waals surface area (Å²) in [6.07, 6.45) is 3.23. The second-order valence-corrected chi connectivity index (χ2v) is 9.04. The van der Waals surface area contributed by atoms with Gasteiger partial charge in [-0.25, -0.2) is 0 Å². The molecule has 1 N–H and O–H groups in total. The second kappa shape index (κ2) is 9.55. The van der Waals surface area contributed by atoms with Gasteiger partial charge in [-0.15, -0.1) is 0 Å². The van der Waals surface area contributed by atoms with E-state index in [0.29, 0.717) is 26.2 Å². The van der Waals surface area contributed by atoms with Gasteiger partial charge >= 0.3 is 0 Å². The van der Waals surface area contributed by atoms with Crippen molar-refractivity contribution in [2.24, 2.45) is 0 Å². The minimum Gasteiger partial charge on any atom is -0.350 e. The molecule has 1 aromatic carbocycles. The van der Waals surface area contributed by atoms with E-state index >= 15 is 0 Å². The highest BCUT2D eigenvalue weighted by molar-refractivity contribution is 5.79. The number of nitrogens with zero attached hydrogens (tertiary/aromatic N) is 3. The monoisotopic (exact) mass is 398 g/mol. The Bertz CT molecular complexity index is 731. The molecule has 3 rings (SSSR count). The average Bonchev–Trinajstić information content (AvgIpc) is 2.68. The standard InChI is InChI=1S/C23H34N4O2/c1-23(2,3)24-21(28)17-26-13-15-27(16-14-26)22(29)18-25-11-9-20(10-12-25)19-7-5-4-6-8-19/h4-9H,10-18H2,1-3H3,(H,24,28). The molecule has 6 heteroatoms. The Morgan fingerprint density at radius 3 is 2.21 bits per heavy atom. The number of rotatable bonds is 5. The summed E-state index contributed by atoms with van der Waals surface area (Å²) >= 11 is 0. The summed E-state index contributed by atoms with van der Waals surface area (Å²) in [6, 6.07) is 10.5. The molecule has 1 aromatic rings. The Morgan fingerprint density at radius 2 is 1.62 bits per heavy atom. The van der Waals surface area contributed by atoms with Gasteiger partial charge in [-0.05, 0) is 38.3 Å². The fourth-order valence-corrected chi connectivity index (χ4v) is 3.88. The van der Waals surface area contributed by atoms with Gasteiger partial charge < -0.3 is 10.2 Å². The fraction of sp³-hybridized carbons (Fsp3) is 0.565. The number of hydrogen-bond acceptors (Lipinski definition) is 4. The van der Waals surface area contributed by atoms with Crippen molar-refractivity contribution in [3.05, 3.63) is 42.0 Å². The van der Waals surface area contributed by atoms with Crippen LogP contribution in [0, 0.1) is 0 Å². The van der Waals surface area contributed by atoms with Crippen LogP contribution in [0.5, 0.6) is 0 Å². The third kappa shape index (κ3) is 6.68. The first-order valence-corrected chi connectivity index (χ1v) is 10.6. The third-order valence-electron chi connectivity index (χ3n) is 5.40. The van der Waals surface area contributed by atoms with Crippen LogP contribution >= 0.6 is 0 Å². The van der Waals surface area contributed by atoms with E-state index in [1.165, 1.54) is 11.1 Å². The molecule has 0 unspecified atom stereocenters. The molecule has 158 valence electrons. The van der Waals surface area contributed by atoms with E-state index in [0.717, 1.165) is 32.6 Å². The first-order valence-electron chi connectivity index (χ1n) is 10.6. The molecule has 2 heterocycles. The van der Waals surface area contributed by atoms with Crippen LogP contribution in [-0.4, -0.2) is 84.4 Å². The lowest BCUT2D eigenvalue weighted by atomic mass is 9.99. The van der Waals surface area contributed by atoms with E-state index in [2.05, 4.69) is 45.5 Å². The van der Waals surface area contributed by atoms with Crippen molar-refractivity contribution in [2.75, 3.05) is 52.4 Å². The Morgan fingerprint density at radius 1 is 0.931 bits per heavy atom. The summed E-state index contributed by atoms with van der Waals surface area (Å²) in [5.74, 6) is 0.243. The molecule has 0 bridgehead atoms. The predicted molar refractivity (Wildman–Crippen MR) is 116 cm³/mol. The maximum atomic E-state index is 12.7. The largest absolute Gasteiger partial charge is 0.350 e. The Labute approximate surface area is 174 Å². The molecule has 0 atom stereocenters. The molecule has 1 saturated heterocycles. The molecule has 2 amide bonds. The van der Waals surface area contributed by atoms with Crippen molar-refractivity contribution >= 4 is 17.4 Å². The zero-order valence-electron chi connectivity index (χ0n) is 18.0. The molecular formula is C23H34N4O2. The quantitative estimate of drug-likeness (QED) is 0.822. The lowest BCUT2D eigenvalue weighted by Gasteiger charge is -2.36. The normalized spacial score (nSPS) is 19.0. The smallest absolute Gasteiger partial charge is 0.236 e. The molecule has 0 aliphatic carbocycles. The Kier molecular flexibility index (Phi) is 7.09. The first kappa shape index (κ1) is 21.5. The first-order chi connectivity index (χ1) is 13.8. The molecule has 0 radical (unpaired) electrons. The summed E-state index contributed by atoms with van der Waals surface area (Å²) in [4.78, 5) is 31.1. The maximum absolute atomic E-state index is 12.7. The van der Waals surface area contributed by atoms with Crippen LogP contribution in [-0.2, 0) is 9.59 Å². The zero-order valence-corrected chi connectivity index (χ0v) is 18.0. The molecule has 2 aliphatic rings. The van der Waals surface area contributed by atoms with E-state index in [9.17, 15) is 9.59 Å². The molecule has 2 aliphatic heterocycles. The van der Waals surface area contributed by atoms with Gasteiger partial charge in [0.15, 0.2) is 0 Å². The summed E-state index contributed by atoms with van der Waals surface area (Å²) in [5, 5.41) is 3.00. The van der Waals surface area contributed by atoms with Gasteiger partial charge in [0, 0.05) is 44.8 Å². The van der Waals surface area contributed by atoms with Crippen LogP contribution in [0.15, 0.2) is 36.4 Å². The summed E-state index contributed by atoms with van der Waals surface area (Å²) in [5.41, 5.74) is 2.44. The molecular weight excluding hydrogens is 364 g/mol. The van der Waals surface area contributed by atoms with E-state index in [1.807, 2.05) is 31.7 Å². The van der Waals surface area contributed by atoms with E-state index in [-0.39, 0.29) is 17.4 Å². The Balaban J connectivity index is 1.40. The summed E-state index contributed by atoms with van der Waals surface area (Å²) < 4.78 is 0. The molecule has 29 heavy (non-hydrogen) atoms. The molecule has 1 fully saturated rings. The highest BCUT2D eigenvalue weighted by atomic mass is 16.2. The van der Waals surface area contributed by atoms with Crippen LogP contribution in [0.3, 0.4) is 0 Å². The summed E-state index contributed by atoms with van der Waals surface area (Å²) in [6.45, 7) is 11.5. The van der Waals surface area contributed by atoms with Crippen molar-refractivity contribution in [1.82, 2.24) is 20.0 Å². The van der Waals surface area contributed by atoms with Crippen LogP contribution in [0.2, 0.25) is 0 Å². The highest BCUT2D eigenvalue weighted by Crippen LogP contribution is 2.21. The number of amides is 2. The lowest BCUT2D eigenvalue weighted by molar-refractivity contribution is -0.134. The highest BCUT2D eigenvalue weighted by Gasteiger charge is 2.25. The van der Waals surface area contributed by atoms with Crippen molar-refractivity contribution < 1.29 is 9.59 Å². The van der Waals surface area contributed by atoms with Crippen LogP contribution in [0.4, 0.5) is 0 Å². The van der Waals surface area contributed by atoms with Gasteiger partial charge in [0.25, 0.3) is 0 Å². The van der Waals surface area contributed by atoms with Crippen molar-refractivity contribution in [2.45, 2.75) is 32.7 Å². The van der Waals surface area contributed by atoms with Crippen molar-refractivity contribution in [3.8, 4) is 0 Å². The van der Waals surface area contributed by atoms with Gasteiger partial charge in [-0.2, -0.15) is 0 Å². The topological polar surface area (TPSA) is 55.9 Å².